The lowest BCUT2D eigenvalue weighted by Crippen LogP contribution is -2.13. The fourth-order valence-electron chi connectivity index (χ4n) is 1.81. The first-order valence-corrected chi connectivity index (χ1v) is 8.00. The molecule has 0 saturated carbocycles. The average Bonchev–Trinajstić information content (AvgIpc) is 2.46. The van der Waals surface area contributed by atoms with Crippen LogP contribution in [0.25, 0.3) is 0 Å². The fraction of sp³-hybridized carbons (Fsp3) is 0.250. The summed E-state index contributed by atoms with van der Waals surface area (Å²) in [6, 6.07) is 13.6. The fourth-order valence-corrected chi connectivity index (χ4v) is 2.73. The highest BCUT2D eigenvalue weighted by molar-refractivity contribution is 7.86. The highest BCUT2D eigenvalue weighted by Gasteiger charge is 2.18. The zero-order valence-electron chi connectivity index (χ0n) is 12.0. The van der Waals surface area contributed by atoms with E-state index in [1.54, 1.807) is 24.3 Å². The summed E-state index contributed by atoms with van der Waals surface area (Å²) in [5, 5.41) is 9.98. The molecule has 0 saturated heterocycles. The van der Waals surface area contributed by atoms with Crippen LogP contribution in [0, 0.1) is 13.8 Å². The van der Waals surface area contributed by atoms with Crippen LogP contribution in [0.3, 0.4) is 0 Å². The molecule has 0 bridgehead atoms. The number of aryl methyl sites for hydroxylation is 2. The smallest absolute Gasteiger partial charge is 0.297 e. The van der Waals surface area contributed by atoms with Crippen LogP contribution in [-0.4, -0.2) is 20.1 Å². The van der Waals surface area contributed by atoms with Crippen LogP contribution in [0.4, 0.5) is 0 Å². The van der Waals surface area contributed by atoms with Crippen LogP contribution >= 0.6 is 0 Å². The van der Waals surface area contributed by atoms with Crippen molar-refractivity contribution < 1.29 is 17.7 Å². The highest BCUT2D eigenvalue weighted by Crippen LogP contribution is 2.18. The Balaban J connectivity index is 2.04. The molecule has 0 fully saturated rings. The largest absolute Gasteiger partial charge is 0.386 e. The van der Waals surface area contributed by atoms with Gasteiger partial charge in [0.25, 0.3) is 10.1 Å². The zero-order chi connectivity index (χ0) is 15.5. The minimum Gasteiger partial charge on any atom is -0.386 e. The molecule has 5 heteroatoms. The summed E-state index contributed by atoms with van der Waals surface area (Å²) in [5.74, 6) is 0. The monoisotopic (exact) mass is 306 g/mol. The lowest BCUT2D eigenvalue weighted by molar-refractivity contribution is 0.111. The molecule has 4 nitrogen and oxygen atoms in total. The molecule has 2 aromatic carbocycles. The van der Waals surface area contributed by atoms with Crippen LogP contribution in [0.2, 0.25) is 0 Å². The predicted molar refractivity (Wildman–Crippen MR) is 80.5 cm³/mol. The SMILES string of the molecule is Cc1ccc(C(O)COS(=O)(=O)c2ccc(C)cc2)cc1. The van der Waals surface area contributed by atoms with Crippen molar-refractivity contribution in [3.63, 3.8) is 0 Å². The lowest BCUT2D eigenvalue weighted by atomic mass is 10.1. The van der Waals surface area contributed by atoms with Crippen molar-refractivity contribution in [1.82, 2.24) is 0 Å². The Labute approximate surface area is 125 Å². The first-order chi connectivity index (χ1) is 9.88. The van der Waals surface area contributed by atoms with Gasteiger partial charge in [0.2, 0.25) is 0 Å². The molecule has 2 rings (SSSR count). The molecule has 0 aromatic heterocycles. The predicted octanol–water partition coefficient (Wildman–Crippen LogP) is 2.74. The van der Waals surface area contributed by atoms with E-state index in [1.165, 1.54) is 12.1 Å². The van der Waals surface area contributed by atoms with Gasteiger partial charge in [-0.15, -0.1) is 0 Å². The topological polar surface area (TPSA) is 63.6 Å². The maximum atomic E-state index is 12.0. The Kier molecular flexibility index (Phi) is 4.77. The second-order valence-electron chi connectivity index (χ2n) is 4.98. The number of aliphatic hydroxyl groups is 1. The van der Waals surface area contributed by atoms with Crippen LogP contribution in [0.1, 0.15) is 22.8 Å². The Bertz CT molecular complexity index is 688. The van der Waals surface area contributed by atoms with Gasteiger partial charge in [-0.05, 0) is 31.5 Å². The molecule has 2 aromatic rings. The van der Waals surface area contributed by atoms with Crippen LogP contribution in [0.5, 0.6) is 0 Å². The first kappa shape index (κ1) is 15.7. The first-order valence-electron chi connectivity index (χ1n) is 6.59. The number of hydrogen-bond acceptors (Lipinski definition) is 4. The Hall–Kier alpha value is -1.69. The van der Waals surface area contributed by atoms with Gasteiger partial charge in [0.05, 0.1) is 11.5 Å². The van der Waals surface area contributed by atoms with Crippen LogP contribution < -0.4 is 0 Å². The van der Waals surface area contributed by atoms with Gasteiger partial charge in [0, 0.05) is 0 Å². The van der Waals surface area contributed by atoms with E-state index >= 15 is 0 Å². The van der Waals surface area contributed by atoms with Crippen molar-refractivity contribution in [2.24, 2.45) is 0 Å². The molecule has 0 aliphatic heterocycles. The van der Waals surface area contributed by atoms with Crippen molar-refractivity contribution >= 4 is 10.1 Å². The third-order valence-electron chi connectivity index (χ3n) is 3.15. The maximum Gasteiger partial charge on any atom is 0.297 e. The van der Waals surface area contributed by atoms with E-state index in [1.807, 2.05) is 26.0 Å². The number of rotatable bonds is 5. The van der Waals surface area contributed by atoms with Crippen molar-refractivity contribution in [3.05, 3.63) is 65.2 Å². The number of hydrogen-bond donors (Lipinski definition) is 1. The summed E-state index contributed by atoms with van der Waals surface area (Å²) in [6.45, 7) is 3.51. The number of benzene rings is 2. The summed E-state index contributed by atoms with van der Waals surface area (Å²) < 4.78 is 28.9. The summed E-state index contributed by atoms with van der Waals surface area (Å²) in [6.07, 6.45) is -0.981. The van der Waals surface area contributed by atoms with Gasteiger partial charge in [-0.2, -0.15) is 8.42 Å². The van der Waals surface area contributed by atoms with Gasteiger partial charge in [-0.3, -0.25) is 4.18 Å². The van der Waals surface area contributed by atoms with E-state index in [2.05, 4.69) is 0 Å². The normalized spacial score (nSPS) is 13.1. The minimum atomic E-state index is -3.85. The van der Waals surface area contributed by atoms with E-state index in [0.717, 1.165) is 11.1 Å². The molecule has 0 spiro atoms. The maximum absolute atomic E-state index is 12.0. The molecular formula is C16H18O4S. The van der Waals surface area contributed by atoms with Gasteiger partial charge in [0.15, 0.2) is 0 Å². The lowest BCUT2D eigenvalue weighted by Gasteiger charge is -2.12. The Morgan fingerprint density at radius 3 is 1.95 bits per heavy atom. The molecule has 112 valence electrons. The molecule has 0 radical (unpaired) electrons. The van der Waals surface area contributed by atoms with E-state index in [4.69, 9.17) is 4.18 Å². The quantitative estimate of drug-likeness (QED) is 0.863. The van der Waals surface area contributed by atoms with Crippen molar-refractivity contribution in [2.75, 3.05) is 6.61 Å². The summed E-state index contributed by atoms with van der Waals surface area (Å²) >= 11 is 0. The minimum absolute atomic E-state index is 0.0872. The molecule has 21 heavy (non-hydrogen) atoms. The molecule has 0 aliphatic rings. The molecule has 0 amide bonds. The standard InChI is InChI=1S/C16H18O4S/c1-12-3-7-14(8-4-12)16(17)11-20-21(18,19)15-9-5-13(2)6-10-15/h3-10,16-17H,11H2,1-2H3. The summed E-state index contributed by atoms with van der Waals surface area (Å²) in [5.41, 5.74) is 2.66. The van der Waals surface area contributed by atoms with Gasteiger partial charge in [0.1, 0.15) is 6.10 Å². The van der Waals surface area contributed by atoms with Gasteiger partial charge in [-0.1, -0.05) is 47.5 Å². The highest BCUT2D eigenvalue weighted by atomic mass is 32.2. The van der Waals surface area contributed by atoms with E-state index in [-0.39, 0.29) is 11.5 Å². The van der Waals surface area contributed by atoms with Gasteiger partial charge < -0.3 is 5.11 Å². The molecule has 0 aliphatic carbocycles. The van der Waals surface area contributed by atoms with Crippen LogP contribution in [0.15, 0.2) is 53.4 Å². The molecule has 1 N–H and O–H groups in total. The Morgan fingerprint density at radius 1 is 0.952 bits per heavy atom. The summed E-state index contributed by atoms with van der Waals surface area (Å²) in [7, 11) is -3.85. The molecule has 0 heterocycles. The van der Waals surface area contributed by atoms with E-state index in [9.17, 15) is 13.5 Å². The van der Waals surface area contributed by atoms with E-state index < -0.39 is 16.2 Å². The average molecular weight is 306 g/mol. The van der Waals surface area contributed by atoms with Gasteiger partial charge >= 0.3 is 0 Å². The second-order valence-corrected chi connectivity index (χ2v) is 6.59. The third kappa shape index (κ3) is 4.14. The molecular weight excluding hydrogens is 288 g/mol. The van der Waals surface area contributed by atoms with Crippen molar-refractivity contribution in [3.8, 4) is 0 Å². The zero-order valence-corrected chi connectivity index (χ0v) is 12.8. The second kappa shape index (κ2) is 6.39. The van der Waals surface area contributed by atoms with Gasteiger partial charge in [-0.25, -0.2) is 0 Å². The van der Waals surface area contributed by atoms with Crippen LogP contribution in [-0.2, 0) is 14.3 Å². The molecule has 1 atom stereocenters. The number of aliphatic hydroxyl groups excluding tert-OH is 1. The van der Waals surface area contributed by atoms with Crippen molar-refractivity contribution in [2.45, 2.75) is 24.8 Å². The molecule has 1 unspecified atom stereocenters. The van der Waals surface area contributed by atoms with Crippen molar-refractivity contribution in [1.29, 1.82) is 0 Å². The van der Waals surface area contributed by atoms with E-state index in [0.29, 0.717) is 5.56 Å². The summed E-state index contributed by atoms with van der Waals surface area (Å²) in [4.78, 5) is 0.0872. The third-order valence-corrected chi connectivity index (χ3v) is 4.45. The Morgan fingerprint density at radius 2 is 1.43 bits per heavy atom.